The third-order valence-electron chi connectivity index (χ3n) is 3.57. The predicted molar refractivity (Wildman–Crippen MR) is 86.9 cm³/mol. The molecule has 3 rings (SSSR count). The Morgan fingerprint density at radius 3 is 3.09 bits per heavy atom. The fraction of sp³-hybridized carbons (Fsp3) is 0.250. The van der Waals surface area contributed by atoms with Crippen LogP contribution in [0.15, 0.2) is 36.5 Å². The fourth-order valence-electron chi connectivity index (χ4n) is 2.64. The van der Waals surface area contributed by atoms with Crippen LogP contribution >= 0.6 is 11.6 Å². The van der Waals surface area contributed by atoms with E-state index in [0.29, 0.717) is 11.7 Å². The number of nitrogens with zero attached hydrogens (tertiary/aromatic N) is 2. The summed E-state index contributed by atoms with van der Waals surface area (Å²) in [5.74, 6) is -0.0386. The van der Waals surface area contributed by atoms with Crippen molar-refractivity contribution >= 4 is 34.6 Å². The van der Waals surface area contributed by atoms with Gasteiger partial charge in [0.05, 0.1) is 11.4 Å². The van der Waals surface area contributed by atoms with E-state index in [2.05, 4.69) is 10.3 Å². The largest absolute Gasteiger partial charge is 0.375 e. The van der Waals surface area contributed by atoms with Crippen molar-refractivity contribution in [2.45, 2.75) is 6.42 Å². The highest BCUT2D eigenvalue weighted by Crippen LogP contribution is 2.37. The zero-order chi connectivity index (χ0) is 15.5. The number of carbonyl (C=O) groups is 1. The van der Waals surface area contributed by atoms with E-state index in [0.717, 1.165) is 29.0 Å². The molecule has 1 aromatic carbocycles. The highest BCUT2D eigenvalue weighted by atomic mass is 35.5. The van der Waals surface area contributed by atoms with Gasteiger partial charge < -0.3 is 15.0 Å². The Kier molecular flexibility index (Phi) is 4.27. The zero-order valence-corrected chi connectivity index (χ0v) is 12.9. The number of hydrogen-bond donors (Lipinski definition) is 1. The molecule has 0 unspecified atom stereocenters. The fourth-order valence-corrected chi connectivity index (χ4v) is 2.82. The van der Waals surface area contributed by atoms with Crippen molar-refractivity contribution in [1.29, 1.82) is 0 Å². The van der Waals surface area contributed by atoms with Gasteiger partial charge in [-0.3, -0.25) is 4.79 Å². The number of rotatable bonds is 4. The van der Waals surface area contributed by atoms with Crippen LogP contribution in [0.1, 0.15) is 5.56 Å². The smallest absolute Gasteiger partial charge is 0.253 e. The van der Waals surface area contributed by atoms with Crippen LogP contribution in [-0.4, -0.2) is 31.2 Å². The maximum Gasteiger partial charge on any atom is 0.253 e. The number of fused-ring (bicyclic) bond motifs is 1. The van der Waals surface area contributed by atoms with E-state index in [1.165, 1.54) is 7.11 Å². The standard InChI is InChI=1S/C16H16ClN3O2/c1-22-10-15(21)20-8-6-11-3-2-4-13(16(11)20)19-12-5-7-18-14(17)9-12/h2-5,7,9H,6,8,10H2,1H3,(H,18,19). The Hall–Kier alpha value is -2.11. The van der Waals surface area contributed by atoms with Crippen LogP contribution in [-0.2, 0) is 16.0 Å². The van der Waals surface area contributed by atoms with Gasteiger partial charge in [-0.15, -0.1) is 0 Å². The Bertz CT molecular complexity index is 706. The molecule has 1 aliphatic rings. The minimum Gasteiger partial charge on any atom is -0.375 e. The number of aromatic nitrogens is 1. The molecule has 2 aromatic rings. The molecule has 0 saturated carbocycles. The van der Waals surface area contributed by atoms with E-state index >= 15 is 0 Å². The quantitative estimate of drug-likeness (QED) is 0.881. The average Bonchev–Trinajstić information content (AvgIpc) is 2.93. The molecule has 1 aliphatic heterocycles. The first-order chi connectivity index (χ1) is 10.7. The maximum atomic E-state index is 12.2. The van der Waals surface area contributed by atoms with Gasteiger partial charge >= 0.3 is 0 Å². The normalized spacial score (nSPS) is 13.1. The molecule has 0 spiro atoms. The Morgan fingerprint density at radius 1 is 1.45 bits per heavy atom. The van der Waals surface area contributed by atoms with Crippen LogP contribution in [0.5, 0.6) is 0 Å². The van der Waals surface area contributed by atoms with Crippen LogP contribution in [0.25, 0.3) is 0 Å². The number of pyridine rings is 1. The summed E-state index contributed by atoms with van der Waals surface area (Å²) in [6.45, 7) is 0.752. The molecule has 0 aliphatic carbocycles. The van der Waals surface area contributed by atoms with Gasteiger partial charge in [0.25, 0.3) is 5.91 Å². The van der Waals surface area contributed by atoms with Gasteiger partial charge in [-0.25, -0.2) is 4.98 Å². The number of nitrogens with one attached hydrogen (secondary N) is 1. The molecular weight excluding hydrogens is 302 g/mol. The van der Waals surface area contributed by atoms with Gasteiger partial charge in [-0.2, -0.15) is 0 Å². The Labute approximate surface area is 133 Å². The summed E-state index contributed by atoms with van der Waals surface area (Å²) < 4.78 is 4.97. The van der Waals surface area contributed by atoms with E-state index in [4.69, 9.17) is 16.3 Å². The predicted octanol–water partition coefficient (Wildman–Crippen LogP) is 3.01. The van der Waals surface area contributed by atoms with Crippen LogP contribution < -0.4 is 10.2 Å². The number of methoxy groups -OCH3 is 1. The van der Waals surface area contributed by atoms with E-state index < -0.39 is 0 Å². The second-order valence-electron chi connectivity index (χ2n) is 5.03. The molecule has 6 heteroatoms. The molecule has 0 fully saturated rings. The summed E-state index contributed by atoms with van der Waals surface area (Å²) in [4.78, 5) is 17.9. The number of amides is 1. The van der Waals surface area contributed by atoms with Crippen molar-refractivity contribution in [1.82, 2.24) is 4.98 Å². The van der Waals surface area contributed by atoms with E-state index in [1.807, 2.05) is 24.3 Å². The first-order valence-corrected chi connectivity index (χ1v) is 7.36. The molecule has 0 radical (unpaired) electrons. The van der Waals surface area contributed by atoms with E-state index in [1.54, 1.807) is 17.2 Å². The van der Waals surface area contributed by atoms with Gasteiger partial charge in [0, 0.05) is 25.5 Å². The van der Waals surface area contributed by atoms with Crippen LogP contribution in [0, 0.1) is 0 Å². The third kappa shape index (κ3) is 2.91. The Balaban J connectivity index is 1.93. The number of ether oxygens (including phenoxy) is 1. The molecule has 1 amide bonds. The molecule has 114 valence electrons. The van der Waals surface area contributed by atoms with Crippen LogP contribution in [0.3, 0.4) is 0 Å². The van der Waals surface area contributed by atoms with Crippen LogP contribution in [0.2, 0.25) is 5.15 Å². The highest BCUT2D eigenvalue weighted by Gasteiger charge is 2.27. The highest BCUT2D eigenvalue weighted by molar-refractivity contribution is 6.29. The molecule has 0 bridgehead atoms. The minimum absolute atomic E-state index is 0.0386. The van der Waals surface area contributed by atoms with Crippen molar-refractivity contribution in [2.24, 2.45) is 0 Å². The van der Waals surface area contributed by atoms with Gasteiger partial charge in [-0.1, -0.05) is 23.7 Å². The van der Waals surface area contributed by atoms with Gasteiger partial charge in [0.2, 0.25) is 0 Å². The summed E-state index contributed by atoms with van der Waals surface area (Å²) in [6, 6.07) is 9.55. The lowest BCUT2D eigenvalue weighted by molar-refractivity contribution is -0.122. The molecule has 22 heavy (non-hydrogen) atoms. The molecular formula is C16H16ClN3O2. The minimum atomic E-state index is -0.0386. The first kappa shape index (κ1) is 14.8. The number of carbonyl (C=O) groups excluding carboxylic acids is 1. The summed E-state index contributed by atoms with van der Waals surface area (Å²) in [5.41, 5.74) is 3.77. The lowest BCUT2D eigenvalue weighted by Gasteiger charge is -2.21. The van der Waals surface area contributed by atoms with Gasteiger partial charge in [-0.05, 0) is 30.2 Å². The van der Waals surface area contributed by atoms with Gasteiger partial charge in [0.1, 0.15) is 11.8 Å². The molecule has 0 atom stereocenters. The molecule has 0 saturated heterocycles. The molecule has 1 aromatic heterocycles. The summed E-state index contributed by atoms with van der Waals surface area (Å²) in [6.07, 6.45) is 2.49. The summed E-state index contributed by atoms with van der Waals surface area (Å²) in [5, 5.41) is 3.73. The van der Waals surface area contributed by atoms with Crippen molar-refractivity contribution in [3.63, 3.8) is 0 Å². The zero-order valence-electron chi connectivity index (χ0n) is 12.2. The summed E-state index contributed by atoms with van der Waals surface area (Å²) >= 11 is 5.92. The molecule has 5 nitrogen and oxygen atoms in total. The topological polar surface area (TPSA) is 54.5 Å². The molecule has 2 heterocycles. The average molecular weight is 318 g/mol. The van der Waals surface area contributed by atoms with E-state index in [9.17, 15) is 4.79 Å². The van der Waals surface area contributed by atoms with E-state index in [-0.39, 0.29) is 12.5 Å². The first-order valence-electron chi connectivity index (χ1n) is 6.99. The number of halogens is 1. The number of para-hydroxylation sites is 1. The number of benzene rings is 1. The van der Waals surface area contributed by atoms with Gasteiger partial charge in [0.15, 0.2) is 0 Å². The van der Waals surface area contributed by atoms with Crippen molar-refractivity contribution < 1.29 is 9.53 Å². The summed E-state index contributed by atoms with van der Waals surface area (Å²) in [7, 11) is 1.53. The molecule has 1 N–H and O–H groups in total. The number of hydrogen-bond acceptors (Lipinski definition) is 4. The second-order valence-corrected chi connectivity index (χ2v) is 5.42. The Morgan fingerprint density at radius 2 is 2.32 bits per heavy atom. The number of anilines is 3. The monoisotopic (exact) mass is 317 g/mol. The third-order valence-corrected chi connectivity index (χ3v) is 3.78. The van der Waals surface area contributed by atoms with Crippen molar-refractivity contribution in [2.75, 3.05) is 30.5 Å². The lowest BCUT2D eigenvalue weighted by Crippen LogP contribution is -2.32. The SMILES string of the molecule is COCC(=O)N1CCc2cccc(Nc3ccnc(Cl)c3)c21. The maximum absolute atomic E-state index is 12.2. The van der Waals surface area contributed by atoms with Crippen molar-refractivity contribution in [3.8, 4) is 0 Å². The van der Waals surface area contributed by atoms with Crippen molar-refractivity contribution in [3.05, 3.63) is 47.2 Å². The second kappa shape index (κ2) is 6.34. The van der Waals surface area contributed by atoms with Crippen LogP contribution in [0.4, 0.5) is 17.1 Å². The lowest BCUT2D eigenvalue weighted by atomic mass is 10.1.